The number of pyridine rings is 1. The van der Waals surface area contributed by atoms with E-state index in [1.165, 1.54) is 0 Å². The predicted octanol–water partition coefficient (Wildman–Crippen LogP) is 3.16. The molecule has 0 spiro atoms. The number of anilines is 1. The number of benzene rings is 2. The van der Waals surface area contributed by atoms with Gasteiger partial charge in [-0.05, 0) is 42.7 Å². The van der Waals surface area contributed by atoms with Gasteiger partial charge in [-0.15, -0.1) is 0 Å². The number of para-hydroxylation sites is 1. The number of aromatic nitrogens is 1. The largest absolute Gasteiger partial charge is 0.339 e. The van der Waals surface area contributed by atoms with Crippen molar-refractivity contribution in [1.82, 2.24) is 20.1 Å². The highest BCUT2D eigenvalue weighted by Crippen LogP contribution is 2.20. The van der Waals surface area contributed by atoms with Gasteiger partial charge in [0.25, 0.3) is 0 Å². The molecule has 7 heteroatoms. The van der Waals surface area contributed by atoms with Gasteiger partial charge in [-0.2, -0.15) is 0 Å². The summed E-state index contributed by atoms with van der Waals surface area (Å²) in [6.45, 7) is 7.11. The molecule has 1 atom stereocenters. The van der Waals surface area contributed by atoms with E-state index in [1.54, 1.807) is 6.20 Å². The van der Waals surface area contributed by atoms with Crippen molar-refractivity contribution in [2.75, 3.05) is 44.6 Å². The molecular formula is C28H33N5O2. The Balaban J connectivity index is 1.27. The Hall–Kier alpha value is -3.55. The first-order valence-electron chi connectivity index (χ1n) is 12.1. The number of amides is 2. The zero-order chi connectivity index (χ0) is 24.6. The zero-order valence-electron chi connectivity index (χ0n) is 20.4. The molecule has 0 radical (unpaired) electrons. The van der Waals surface area contributed by atoms with Gasteiger partial charge >= 0.3 is 0 Å². The van der Waals surface area contributed by atoms with E-state index in [0.29, 0.717) is 32.7 Å². The van der Waals surface area contributed by atoms with Crippen LogP contribution < -0.4 is 10.6 Å². The summed E-state index contributed by atoms with van der Waals surface area (Å²) in [5, 5.41) is 6.45. The lowest BCUT2D eigenvalue weighted by molar-refractivity contribution is -0.132. The summed E-state index contributed by atoms with van der Waals surface area (Å²) < 4.78 is 0. The molecule has 0 bridgehead atoms. The summed E-state index contributed by atoms with van der Waals surface area (Å²) in [6.07, 6.45) is 1.77. The number of hydrogen-bond acceptors (Lipinski definition) is 5. The highest BCUT2D eigenvalue weighted by Gasteiger charge is 2.24. The van der Waals surface area contributed by atoms with E-state index in [4.69, 9.17) is 0 Å². The molecule has 0 saturated carbocycles. The van der Waals surface area contributed by atoms with E-state index in [2.05, 4.69) is 20.5 Å². The van der Waals surface area contributed by atoms with Crippen molar-refractivity contribution in [3.05, 3.63) is 95.3 Å². The topological polar surface area (TPSA) is 77.6 Å². The lowest BCUT2D eigenvalue weighted by atomic mass is 10.0. The van der Waals surface area contributed by atoms with Crippen LogP contribution in [-0.2, 0) is 9.59 Å². The first kappa shape index (κ1) is 24.6. The van der Waals surface area contributed by atoms with Crippen LogP contribution in [0.1, 0.15) is 28.4 Å². The van der Waals surface area contributed by atoms with E-state index >= 15 is 0 Å². The Labute approximate surface area is 207 Å². The Morgan fingerprint density at radius 2 is 1.57 bits per heavy atom. The minimum atomic E-state index is -0.156. The maximum atomic E-state index is 13.0. The maximum Gasteiger partial charge on any atom is 0.238 e. The number of hydrogen-bond donors (Lipinski definition) is 2. The van der Waals surface area contributed by atoms with Crippen LogP contribution in [0.2, 0.25) is 0 Å². The van der Waals surface area contributed by atoms with Crippen LogP contribution in [0.25, 0.3) is 0 Å². The van der Waals surface area contributed by atoms with Gasteiger partial charge in [-0.25, -0.2) is 0 Å². The lowest BCUT2D eigenvalue weighted by Gasteiger charge is -2.34. The smallest absolute Gasteiger partial charge is 0.238 e. The molecule has 7 nitrogen and oxygen atoms in total. The van der Waals surface area contributed by atoms with Crippen LogP contribution in [0.15, 0.2) is 72.9 Å². The number of nitrogens with one attached hydrogen (secondary N) is 2. The van der Waals surface area contributed by atoms with Gasteiger partial charge in [0.2, 0.25) is 11.8 Å². The summed E-state index contributed by atoms with van der Waals surface area (Å²) in [6, 6.07) is 21.7. The zero-order valence-corrected chi connectivity index (χ0v) is 20.4. The molecule has 2 N–H and O–H groups in total. The van der Waals surface area contributed by atoms with E-state index in [9.17, 15) is 9.59 Å². The quantitative estimate of drug-likeness (QED) is 0.528. The molecule has 1 saturated heterocycles. The molecule has 1 aliphatic heterocycles. The molecule has 35 heavy (non-hydrogen) atoms. The van der Waals surface area contributed by atoms with Crippen molar-refractivity contribution in [2.45, 2.75) is 19.9 Å². The third-order valence-electron chi connectivity index (χ3n) is 6.41. The molecule has 0 aliphatic carbocycles. The van der Waals surface area contributed by atoms with Crippen LogP contribution in [0.5, 0.6) is 0 Å². The molecule has 182 valence electrons. The average molecular weight is 472 g/mol. The Morgan fingerprint density at radius 1 is 0.886 bits per heavy atom. The van der Waals surface area contributed by atoms with Gasteiger partial charge in [-0.1, -0.05) is 54.6 Å². The molecule has 1 fully saturated rings. The minimum absolute atomic E-state index is 0.0232. The van der Waals surface area contributed by atoms with Crippen LogP contribution in [0.3, 0.4) is 0 Å². The van der Waals surface area contributed by atoms with Crippen LogP contribution in [0.4, 0.5) is 5.69 Å². The minimum Gasteiger partial charge on any atom is -0.339 e. The molecule has 1 unspecified atom stereocenters. The standard InChI is InChI=1S/C28H33N5O2/c1-21-9-8-10-22(2)27(21)31-25(34)20-32-15-17-33(18-16-32)26(35)19-30-28(23-11-4-3-5-12-23)24-13-6-7-14-29-24/h3-14,28,30H,15-20H2,1-2H3,(H,31,34). The van der Waals surface area contributed by atoms with E-state index in [-0.39, 0.29) is 24.4 Å². The fraction of sp³-hybridized carbons (Fsp3) is 0.321. The summed E-state index contributed by atoms with van der Waals surface area (Å²) in [5.41, 5.74) is 4.95. The molecule has 1 aromatic heterocycles. The van der Waals surface area contributed by atoms with Crippen molar-refractivity contribution in [3.63, 3.8) is 0 Å². The van der Waals surface area contributed by atoms with Crippen molar-refractivity contribution in [2.24, 2.45) is 0 Å². The molecule has 2 heterocycles. The van der Waals surface area contributed by atoms with Gasteiger partial charge in [0.15, 0.2) is 0 Å². The third kappa shape index (κ3) is 6.53. The van der Waals surface area contributed by atoms with Crippen molar-refractivity contribution in [1.29, 1.82) is 0 Å². The van der Waals surface area contributed by atoms with Gasteiger partial charge in [0.1, 0.15) is 0 Å². The van der Waals surface area contributed by atoms with Gasteiger partial charge in [0.05, 0.1) is 24.8 Å². The summed E-state index contributed by atoms with van der Waals surface area (Å²) in [7, 11) is 0. The highest BCUT2D eigenvalue weighted by molar-refractivity contribution is 5.93. The Bertz CT molecular complexity index is 1070. The molecule has 3 aromatic rings. The number of piperazine rings is 1. The third-order valence-corrected chi connectivity index (χ3v) is 6.41. The van der Waals surface area contributed by atoms with Crippen molar-refractivity contribution >= 4 is 17.5 Å². The second kappa shape index (κ2) is 11.7. The number of nitrogens with zero attached hydrogens (tertiary/aromatic N) is 3. The monoisotopic (exact) mass is 471 g/mol. The number of aryl methyl sites for hydroxylation is 2. The fourth-order valence-electron chi connectivity index (χ4n) is 4.44. The van der Waals surface area contributed by atoms with E-state index in [0.717, 1.165) is 28.1 Å². The summed E-state index contributed by atoms with van der Waals surface area (Å²) in [4.78, 5) is 34.0. The highest BCUT2D eigenvalue weighted by atomic mass is 16.2. The van der Waals surface area contributed by atoms with Crippen LogP contribution >= 0.6 is 0 Å². The van der Waals surface area contributed by atoms with Crippen LogP contribution in [-0.4, -0.2) is 65.9 Å². The Kier molecular flexibility index (Phi) is 8.23. The number of rotatable bonds is 8. The molecule has 1 aliphatic rings. The second-order valence-corrected chi connectivity index (χ2v) is 8.95. The normalized spacial score (nSPS) is 15.0. The molecule has 2 amide bonds. The summed E-state index contributed by atoms with van der Waals surface area (Å²) in [5.74, 6) is 0.0337. The summed E-state index contributed by atoms with van der Waals surface area (Å²) >= 11 is 0. The second-order valence-electron chi connectivity index (χ2n) is 8.95. The van der Waals surface area contributed by atoms with Crippen LogP contribution in [0, 0.1) is 13.8 Å². The predicted molar refractivity (Wildman–Crippen MR) is 138 cm³/mol. The lowest BCUT2D eigenvalue weighted by Crippen LogP contribution is -2.52. The van der Waals surface area contributed by atoms with E-state index < -0.39 is 0 Å². The first-order chi connectivity index (χ1) is 17.0. The maximum absolute atomic E-state index is 13.0. The van der Waals surface area contributed by atoms with Gasteiger partial charge in [-0.3, -0.25) is 24.8 Å². The fourth-order valence-corrected chi connectivity index (χ4v) is 4.44. The average Bonchev–Trinajstić information content (AvgIpc) is 2.88. The Morgan fingerprint density at radius 3 is 2.23 bits per heavy atom. The van der Waals surface area contributed by atoms with Crippen molar-refractivity contribution < 1.29 is 9.59 Å². The number of carbonyl (C=O) groups is 2. The number of carbonyl (C=O) groups excluding carboxylic acids is 2. The van der Waals surface area contributed by atoms with E-state index in [1.807, 2.05) is 85.5 Å². The molecule has 4 rings (SSSR count). The SMILES string of the molecule is Cc1cccc(C)c1NC(=O)CN1CCN(C(=O)CNC(c2ccccc2)c2ccccn2)CC1. The van der Waals surface area contributed by atoms with Gasteiger partial charge in [0, 0.05) is 38.1 Å². The first-order valence-corrected chi connectivity index (χ1v) is 12.1. The van der Waals surface area contributed by atoms with Gasteiger partial charge < -0.3 is 10.2 Å². The van der Waals surface area contributed by atoms with Crippen molar-refractivity contribution in [3.8, 4) is 0 Å². The molecular weight excluding hydrogens is 438 g/mol. The molecule has 2 aromatic carbocycles.